The third kappa shape index (κ3) is 12.3. The van der Waals surface area contributed by atoms with Crippen LogP contribution in [0.15, 0.2) is 0 Å². The maximum Gasteiger partial charge on any atom is 0.305 e. The van der Waals surface area contributed by atoms with Crippen LogP contribution in [0.25, 0.3) is 0 Å². The van der Waals surface area contributed by atoms with Gasteiger partial charge in [-0.05, 0) is 0 Å². The summed E-state index contributed by atoms with van der Waals surface area (Å²) in [7, 11) is 0. The molecule has 3 atom stereocenters. The number of nitrogens with two attached hydrogens (primary N) is 1. The van der Waals surface area contributed by atoms with Gasteiger partial charge < -0.3 is 49.6 Å². The van der Waals surface area contributed by atoms with Crippen molar-refractivity contribution in [2.75, 3.05) is 52.8 Å². The number of carbonyl (C=O) groups is 3. The first-order valence-electron chi connectivity index (χ1n) is 9.87. The average molecular weight is 470 g/mol. The van der Waals surface area contributed by atoms with E-state index in [-0.39, 0.29) is 58.9 Å². The number of aliphatic hydroxyl groups is 4. The summed E-state index contributed by atoms with van der Waals surface area (Å²) in [6.45, 7) is -2.39. The summed E-state index contributed by atoms with van der Waals surface area (Å²) in [6.07, 6.45) is -4.90. The quantitative estimate of drug-likeness (QED) is 0.0375. The maximum atomic E-state index is 10.7. The third-order valence-corrected chi connectivity index (χ3v) is 4.38. The minimum absolute atomic E-state index is 0.0117. The zero-order valence-electron chi connectivity index (χ0n) is 17.7. The molecule has 0 aliphatic rings. The van der Waals surface area contributed by atoms with Crippen LogP contribution in [0, 0.1) is 0 Å². The van der Waals surface area contributed by atoms with Crippen LogP contribution in [-0.2, 0) is 28.6 Å². The monoisotopic (exact) mass is 470 g/mol. The lowest BCUT2D eigenvalue weighted by Gasteiger charge is -2.42. The SMILES string of the molecule is NN(CC(O)C(O)C(O)CO)C(COCCC=O)(COCCC(=O)O)COCCC(=O)O. The molecule has 32 heavy (non-hydrogen) atoms. The number of carboxylic acid groups (broad SMARTS) is 2. The predicted molar refractivity (Wildman–Crippen MR) is 106 cm³/mol. The number of aldehydes is 1. The highest BCUT2D eigenvalue weighted by Gasteiger charge is 2.39. The van der Waals surface area contributed by atoms with E-state index in [0.29, 0.717) is 6.29 Å². The smallest absolute Gasteiger partial charge is 0.305 e. The van der Waals surface area contributed by atoms with Crippen LogP contribution >= 0.6 is 0 Å². The summed E-state index contributed by atoms with van der Waals surface area (Å²) >= 11 is 0. The van der Waals surface area contributed by atoms with Gasteiger partial charge in [-0.25, -0.2) is 5.01 Å². The molecule has 0 amide bonds. The molecular formula is C18H34N2O12. The molecule has 0 fully saturated rings. The Kier molecular flexibility index (Phi) is 15.9. The van der Waals surface area contributed by atoms with Gasteiger partial charge in [0.1, 0.15) is 24.0 Å². The van der Waals surface area contributed by atoms with E-state index >= 15 is 0 Å². The number of carbonyl (C=O) groups excluding carboxylic acids is 1. The maximum absolute atomic E-state index is 10.7. The number of aliphatic carboxylic acids is 2. The zero-order chi connectivity index (χ0) is 24.6. The fourth-order valence-electron chi connectivity index (χ4n) is 2.48. The Bertz CT molecular complexity index is 528. The van der Waals surface area contributed by atoms with Crippen molar-refractivity contribution < 1.29 is 59.2 Å². The number of β-amino-alcohol motifs (C(OH)–C–C–N with tert-alkyl or cyclic N) is 1. The van der Waals surface area contributed by atoms with Crippen molar-refractivity contribution >= 4 is 18.2 Å². The molecule has 3 unspecified atom stereocenters. The third-order valence-electron chi connectivity index (χ3n) is 4.38. The number of aliphatic hydroxyl groups excluding tert-OH is 4. The highest BCUT2D eigenvalue weighted by atomic mass is 16.5. The largest absolute Gasteiger partial charge is 0.481 e. The van der Waals surface area contributed by atoms with E-state index in [1.54, 1.807) is 0 Å². The van der Waals surface area contributed by atoms with Crippen molar-refractivity contribution in [2.24, 2.45) is 5.84 Å². The van der Waals surface area contributed by atoms with E-state index in [1.165, 1.54) is 0 Å². The summed E-state index contributed by atoms with van der Waals surface area (Å²) in [5.74, 6) is 3.91. The molecule has 0 aliphatic heterocycles. The van der Waals surface area contributed by atoms with Gasteiger partial charge >= 0.3 is 11.9 Å². The first kappa shape index (κ1) is 30.2. The van der Waals surface area contributed by atoms with Gasteiger partial charge in [-0.3, -0.25) is 15.4 Å². The van der Waals surface area contributed by atoms with E-state index in [2.05, 4.69) is 0 Å². The fraction of sp³-hybridized carbons (Fsp3) is 0.833. The Labute approximate surface area is 185 Å². The molecular weight excluding hydrogens is 436 g/mol. The summed E-state index contributed by atoms with van der Waals surface area (Å²) in [6, 6.07) is 0. The first-order valence-corrected chi connectivity index (χ1v) is 9.87. The molecule has 0 saturated carbocycles. The van der Waals surface area contributed by atoms with Gasteiger partial charge in [0.2, 0.25) is 0 Å². The number of hydrogen-bond acceptors (Lipinski definition) is 12. The van der Waals surface area contributed by atoms with Crippen molar-refractivity contribution in [3.05, 3.63) is 0 Å². The van der Waals surface area contributed by atoms with Crippen LogP contribution in [0.2, 0.25) is 0 Å². The number of ether oxygens (including phenoxy) is 3. The highest BCUT2D eigenvalue weighted by Crippen LogP contribution is 2.18. The Hall–Kier alpha value is -1.75. The van der Waals surface area contributed by atoms with Crippen molar-refractivity contribution in [2.45, 2.75) is 43.1 Å². The number of carboxylic acids is 2. The Morgan fingerprint density at radius 3 is 1.78 bits per heavy atom. The average Bonchev–Trinajstić information content (AvgIpc) is 2.74. The number of rotatable bonds is 21. The number of hydrogen-bond donors (Lipinski definition) is 7. The van der Waals surface area contributed by atoms with Gasteiger partial charge in [-0.1, -0.05) is 0 Å². The minimum atomic E-state index is -1.74. The molecule has 0 aliphatic carbocycles. The lowest BCUT2D eigenvalue weighted by Crippen LogP contribution is -2.64. The molecule has 0 aromatic heterocycles. The van der Waals surface area contributed by atoms with E-state index in [1.807, 2.05) is 0 Å². The van der Waals surface area contributed by atoms with Crippen LogP contribution in [0.4, 0.5) is 0 Å². The summed E-state index contributed by atoms with van der Waals surface area (Å²) in [4.78, 5) is 32.0. The van der Waals surface area contributed by atoms with Crippen LogP contribution in [0.1, 0.15) is 19.3 Å². The first-order chi connectivity index (χ1) is 15.1. The van der Waals surface area contributed by atoms with E-state index in [9.17, 15) is 29.7 Å². The lowest BCUT2D eigenvalue weighted by molar-refractivity contribution is -0.143. The molecule has 0 bridgehead atoms. The van der Waals surface area contributed by atoms with E-state index in [4.69, 9.17) is 35.4 Å². The number of nitrogens with zero attached hydrogens (tertiary/aromatic N) is 1. The highest BCUT2D eigenvalue weighted by molar-refractivity contribution is 5.67. The van der Waals surface area contributed by atoms with Gasteiger partial charge in [0.05, 0.1) is 65.2 Å². The van der Waals surface area contributed by atoms with Crippen LogP contribution in [0.5, 0.6) is 0 Å². The van der Waals surface area contributed by atoms with Gasteiger partial charge in [0.25, 0.3) is 0 Å². The molecule has 8 N–H and O–H groups in total. The molecule has 0 radical (unpaired) electrons. The molecule has 0 rings (SSSR count). The standard InChI is InChI=1S/C18H34N2O12/c19-20(8-13(23)17(29)14(24)9-22)18(10-30-5-1-4-21,11-31-6-2-15(25)26)12-32-7-3-16(27)28/h4,13-14,17,22-24,29H,1-3,5-12,19H2,(H,25,26)(H,27,28). The van der Waals surface area contributed by atoms with E-state index in [0.717, 1.165) is 5.01 Å². The Morgan fingerprint density at radius 1 is 0.906 bits per heavy atom. The molecule has 14 nitrogen and oxygen atoms in total. The van der Waals surface area contributed by atoms with Crippen LogP contribution in [0.3, 0.4) is 0 Å². The van der Waals surface area contributed by atoms with Crippen molar-refractivity contribution in [1.29, 1.82) is 0 Å². The fourth-order valence-corrected chi connectivity index (χ4v) is 2.48. The molecule has 14 heteroatoms. The second kappa shape index (κ2) is 16.8. The summed E-state index contributed by atoms with van der Waals surface area (Å²) in [5.41, 5.74) is -1.38. The molecule has 0 spiro atoms. The van der Waals surface area contributed by atoms with Crippen LogP contribution < -0.4 is 5.84 Å². The topological polar surface area (TPSA) is 230 Å². The molecule has 0 aromatic rings. The zero-order valence-corrected chi connectivity index (χ0v) is 17.7. The van der Waals surface area contributed by atoms with Crippen molar-refractivity contribution in [3.8, 4) is 0 Å². The second-order valence-corrected chi connectivity index (χ2v) is 7.09. The van der Waals surface area contributed by atoms with Crippen molar-refractivity contribution in [3.63, 3.8) is 0 Å². The lowest BCUT2D eigenvalue weighted by atomic mass is 10.00. The molecule has 188 valence electrons. The predicted octanol–water partition coefficient (Wildman–Crippen LogP) is -3.44. The van der Waals surface area contributed by atoms with Gasteiger partial charge in [0, 0.05) is 13.0 Å². The van der Waals surface area contributed by atoms with Gasteiger partial charge in [-0.2, -0.15) is 0 Å². The van der Waals surface area contributed by atoms with E-state index < -0.39 is 48.9 Å². The van der Waals surface area contributed by atoms with Crippen molar-refractivity contribution in [1.82, 2.24) is 5.01 Å². The normalized spacial score (nSPS) is 14.8. The summed E-state index contributed by atoms with van der Waals surface area (Å²) in [5, 5.41) is 57.1. The molecule has 0 saturated heterocycles. The second-order valence-electron chi connectivity index (χ2n) is 7.09. The van der Waals surface area contributed by atoms with Crippen LogP contribution in [-0.4, -0.2) is 131 Å². The Balaban J connectivity index is 5.47. The Morgan fingerprint density at radius 2 is 1.38 bits per heavy atom. The van der Waals surface area contributed by atoms with Gasteiger partial charge in [-0.15, -0.1) is 0 Å². The minimum Gasteiger partial charge on any atom is -0.481 e. The molecule has 0 aromatic carbocycles. The summed E-state index contributed by atoms with van der Waals surface area (Å²) < 4.78 is 16.2. The number of hydrazine groups is 1. The van der Waals surface area contributed by atoms with Gasteiger partial charge in [0.15, 0.2) is 0 Å². The molecule has 0 heterocycles.